The van der Waals surface area contributed by atoms with E-state index >= 15 is 0 Å². The molecule has 0 saturated heterocycles. The molecule has 0 aliphatic carbocycles. The molecule has 15 heavy (non-hydrogen) atoms. The minimum Gasteiger partial charge on any atom is -0.304 e. The van der Waals surface area contributed by atoms with Crippen molar-refractivity contribution >= 4 is 33.5 Å². The van der Waals surface area contributed by atoms with Gasteiger partial charge in [0.25, 0.3) is 0 Å². The van der Waals surface area contributed by atoms with Crippen LogP contribution in [-0.4, -0.2) is 15.4 Å². The maximum Gasteiger partial charge on any atom is 0.183 e. The fourth-order valence-corrected chi connectivity index (χ4v) is 2.79. The van der Waals surface area contributed by atoms with Crippen LogP contribution in [0.4, 0.5) is 5.69 Å². The molecular weight excluding hydrogens is 228 g/mol. The van der Waals surface area contributed by atoms with Crippen LogP contribution in [0.1, 0.15) is 13.8 Å². The molecule has 0 aromatic carbocycles. The Hall–Kier alpha value is -0.880. The number of hydrogen-bond acceptors (Lipinski definition) is 5. The predicted molar refractivity (Wildman–Crippen MR) is 65.5 cm³/mol. The molecule has 1 unspecified atom stereocenters. The van der Waals surface area contributed by atoms with Gasteiger partial charge >= 0.3 is 0 Å². The standard InChI is InChI=1S/C9H12N4S2/c1-6(2)15(10)9-12-7-3-4-11-5-8(7)14-13-9/h3-6,10H,1-2H3,(H,12,13). The average molecular weight is 240 g/mol. The Morgan fingerprint density at radius 3 is 3.07 bits per heavy atom. The Morgan fingerprint density at radius 2 is 2.33 bits per heavy atom. The molecule has 6 heteroatoms. The van der Waals surface area contributed by atoms with Crippen molar-refractivity contribution in [2.24, 2.45) is 4.99 Å². The molecule has 1 aromatic rings. The van der Waals surface area contributed by atoms with E-state index in [-0.39, 0.29) is 0 Å². The fourth-order valence-electron chi connectivity index (χ4n) is 1.09. The predicted octanol–water partition coefficient (Wildman–Crippen LogP) is 2.47. The molecule has 4 nitrogen and oxygen atoms in total. The Labute approximate surface area is 95.6 Å². The van der Waals surface area contributed by atoms with Crippen molar-refractivity contribution < 1.29 is 0 Å². The zero-order chi connectivity index (χ0) is 10.8. The first-order valence-corrected chi connectivity index (χ1v) is 6.69. The van der Waals surface area contributed by atoms with E-state index in [9.17, 15) is 0 Å². The summed E-state index contributed by atoms with van der Waals surface area (Å²) in [4.78, 5) is 9.48. The van der Waals surface area contributed by atoms with Gasteiger partial charge in [-0.1, -0.05) is 13.8 Å². The molecule has 0 bridgehead atoms. The van der Waals surface area contributed by atoms with Gasteiger partial charge in [0.15, 0.2) is 5.17 Å². The highest BCUT2D eigenvalue weighted by Crippen LogP contribution is 2.30. The van der Waals surface area contributed by atoms with Crippen molar-refractivity contribution in [1.29, 1.82) is 4.78 Å². The molecule has 80 valence electrons. The maximum atomic E-state index is 7.97. The number of rotatable bonds is 1. The average Bonchev–Trinajstić information content (AvgIpc) is 2.27. The zero-order valence-corrected chi connectivity index (χ0v) is 10.2. The van der Waals surface area contributed by atoms with Gasteiger partial charge in [-0.25, -0.2) is 4.99 Å². The summed E-state index contributed by atoms with van der Waals surface area (Å²) in [6.45, 7) is 4.07. The molecule has 1 aliphatic rings. The normalized spacial score (nSPS) is 16.6. The number of hydrogen-bond donors (Lipinski definition) is 2. The second kappa shape index (κ2) is 4.32. The smallest absolute Gasteiger partial charge is 0.183 e. The first kappa shape index (κ1) is 10.6. The van der Waals surface area contributed by atoms with Crippen LogP contribution in [0, 0.1) is 4.78 Å². The van der Waals surface area contributed by atoms with Gasteiger partial charge in [0.05, 0.1) is 10.6 Å². The molecule has 0 radical (unpaired) electrons. The van der Waals surface area contributed by atoms with E-state index in [0.29, 0.717) is 5.25 Å². The first-order valence-electron chi connectivity index (χ1n) is 4.58. The second-order valence-electron chi connectivity index (χ2n) is 3.35. The first-order chi connectivity index (χ1) is 7.18. The van der Waals surface area contributed by atoms with Crippen LogP contribution in [0.15, 0.2) is 28.3 Å². The van der Waals surface area contributed by atoms with Gasteiger partial charge < -0.3 is 4.72 Å². The van der Waals surface area contributed by atoms with Crippen molar-refractivity contribution in [3.63, 3.8) is 0 Å². The molecular formula is C9H12N4S2. The fraction of sp³-hybridized carbons (Fsp3) is 0.333. The largest absolute Gasteiger partial charge is 0.304 e. The number of aromatic nitrogens is 1. The summed E-state index contributed by atoms with van der Waals surface area (Å²) >= 11 is 1.49. The molecule has 1 aliphatic heterocycles. The van der Waals surface area contributed by atoms with E-state index < -0.39 is 10.7 Å². The van der Waals surface area contributed by atoms with Gasteiger partial charge in [-0.2, -0.15) is 0 Å². The Kier molecular flexibility index (Phi) is 3.06. The lowest BCUT2D eigenvalue weighted by Gasteiger charge is -2.18. The molecule has 1 aromatic heterocycles. The third-order valence-electron chi connectivity index (χ3n) is 1.91. The van der Waals surface area contributed by atoms with Crippen LogP contribution in [-0.2, 0) is 10.7 Å². The molecule has 2 rings (SSSR count). The SMILES string of the molecule is CC(C)S(=N)C1=Nc2ccncc2SN1. The van der Waals surface area contributed by atoms with Gasteiger partial charge in [0.1, 0.15) is 0 Å². The topological polar surface area (TPSA) is 61.1 Å². The maximum absolute atomic E-state index is 7.97. The summed E-state index contributed by atoms with van der Waals surface area (Å²) in [7, 11) is -0.568. The monoisotopic (exact) mass is 240 g/mol. The summed E-state index contributed by atoms with van der Waals surface area (Å²) in [5.41, 5.74) is 0.911. The van der Waals surface area contributed by atoms with Crippen molar-refractivity contribution in [3.05, 3.63) is 18.5 Å². The molecule has 0 saturated carbocycles. The number of amidine groups is 1. The van der Waals surface area contributed by atoms with Crippen molar-refractivity contribution in [1.82, 2.24) is 9.71 Å². The third kappa shape index (κ3) is 2.21. The lowest BCUT2D eigenvalue weighted by Crippen LogP contribution is -2.27. The molecule has 0 spiro atoms. The van der Waals surface area contributed by atoms with E-state index in [1.807, 2.05) is 19.9 Å². The van der Waals surface area contributed by atoms with Gasteiger partial charge in [-0.05, 0) is 28.7 Å². The molecule has 1 atom stereocenters. The minimum absolute atomic E-state index is 0.292. The van der Waals surface area contributed by atoms with Gasteiger partial charge in [-0.3, -0.25) is 9.76 Å². The summed E-state index contributed by atoms with van der Waals surface area (Å²) < 4.78 is 11.1. The van der Waals surface area contributed by atoms with Crippen LogP contribution < -0.4 is 4.72 Å². The minimum atomic E-state index is -0.568. The van der Waals surface area contributed by atoms with Gasteiger partial charge in [0, 0.05) is 17.6 Å². The summed E-state index contributed by atoms with van der Waals surface area (Å²) in [6.07, 6.45) is 3.51. The van der Waals surface area contributed by atoms with E-state index in [0.717, 1.165) is 15.8 Å². The van der Waals surface area contributed by atoms with E-state index in [2.05, 4.69) is 14.7 Å². The molecule has 2 N–H and O–H groups in total. The van der Waals surface area contributed by atoms with E-state index in [1.54, 1.807) is 12.4 Å². The zero-order valence-electron chi connectivity index (χ0n) is 8.52. The second-order valence-corrected chi connectivity index (χ2v) is 6.20. The lowest BCUT2D eigenvalue weighted by molar-refractivity contribution is 1.10. The Morgan fingerprint density at radius 1 is 1.53 bits per heavy atom. The van der Waals surface area contributed by atoms with E-state index in [4.69, 9.17) is 4.78 Å². The van der Waals surface area contributed by atoms with Crippen molar-refractivity contribution in [2.45, 2.75) is 24.0 Å². The van der Waals surface area contributed by atoms with Crippen LogP contribution in [0.25, 0.3) is 0 Å². The van der Waals surface area contributed by atoms with Crippen molar-refractivity contribution in [3.8, 4) is 0 Å². The van der Waals surface area contributed by atoms with Crippen LogP contribution in [0.5, 0.6) is 0 Å². The number of pyridine rings is 1. The lowest BCUT2D eigenvalue weighted by atomic mass is 10.4. The number of aliphatic imine (C=N–C) groups is 1. The van der Waals surface area contributed by atoms with Gasteiger partial charge in [-0.15, -0.1) is 0 Å². The highest BCUT2D eigenvalue weighted by molar-refractivity contribution is 8.06. The molecule has 2 heterocycles. The van der Waals surface area contributed by atoms with Crippen LogP contribution in [0.3, 0.4) is 0 Å². The highest BCUT2D eigenvalue weighted by atomic mass is 32.2. The Bertz CT molecular complexity index is 428. The van der Waals surface area contributed by atoms with E-state index in [1.165, 1.54) is 11.9 Å². The van der Waals surface area contributed by atoms with Crippen LogP contribution in [0.2, 0.25) is 0 Å². The summed E-state index contributed by atoms with van der Waals surface area (Å²) in [6, 6.07) is 1.88. The van der Waals surface area contributed by atoms with Gasteiger partial charge in [0.2, 0.25) is 0 Å². The van der Waals surface area contributed by atoms with Crippen LogP contribution >= 0.6 is 11.9 Å². The number of nitrogens with zero attached hydrogens (tertiary/aromatic N) is 2. The summed E-state index contributed by atoms with van der Waals surface area (Å²) in [5, 5.41) is 1.05. The molecule has 0 amide bonds. The van der Waals surface area contributed by atoms with Crippen molar-refractivity contribution in [2.75, 3.05) is 0 Å². The Balaban J connectivity index is 2.33. The quantitative estimate of drug-likeness (QED) is 0.741. The number of nitrogens with one attached hydrogen (secondary N) is 2. The highest BCUT2D eigenvalue weighted by Gasteiger charge is 2.16. The number of fused-ring (bicyclic) bond motifs is 1. The molecule has 0 fully saturated rings. The summed E-state index contributed by atoms with van der Waals surface area (Å²) in [5.74, 6) is 0. The third-order valence-corrected chi connectivity index (χ3v) is 4.42.